The maximum absolute atomic E-state index is 13.8. The molecule has 3 saturated heterocycles. The Morgan fingerprint density at radius 1 is 0.939 bits per heavy atom. The number of carboxylic acid groups (broad SMARTS) is 1. The van der Waals surface area contributed by atoms with Crippen LogP contribution in [0.15, 0.2) is 36.4 Å². The van der Waals surface area contributed by atoms with Gasteiger partial charge < -0.3 is 34.6 Å². The van der Waals surface area contributed by atoms with E-state index in [1.165, 1.54) is 0 Å². The monoisotopic (exact) mass is 679 g/mol. The lowest BCUT2D eigenvalue weighted by molar-refractivity contribution is -0.138. The molecule has 2 aromatic rings. The van der Waals surface area contributed by atoms with Crippen molar-refractivity contribution in [2.45, 2.75) is 64.0 Å². The van der Waals surface area contributed by atoms with Gasteiger partial charge in [-0.1, -0.05) is 50.1 Å². The molecule has 0 radical (unpaired) electrons. The van der Waals surface area contributed by atoms with Crippen LogP contribution in [-0.4, -0.2) is 138 Å². The molecule has 49 heavy (non-hydrogen) atoms. The molecular weight excluding hydrogens is 630 g/mol. The van der Waals surface area contributed by atoms with Gasteiger partial charge in [0.2, 0.25) is 11.7 Å². The molecule has 2 N–H and O–H groups in total. The number of nitrogens with zero attached hydrogens (tertiary/aromatic N) is 6. The van der Waals surface area contributed by atoms with Crippen LogP contribution in [0.2, 0.25) is 0 Å². The number of aromatic nitrogens is 2. The number of carbonyl (C=O) groups excluding carboxylic acids is 3. The van der Waals surface area contributed by atoms with Gasteiger partial charge in [-0.2, -0.15) is 0 Å². The maximum atomic E-state index is 13.8. The molecule has 0 aliphatic carbocycles. The number of unbranched alkanes of at least 4 members (excludes halogenated alkanes) is 2. The van der Waals surface area contributed by atoms with Crippen molar-refractivity contribution >= 4 is 29.7 Å². The predicted octanol–water partition coefficient (Wildman–Crippen LogP) is 2.88. The number of nitrogens with one attached hydrogen (secondary N) is 1. The van der Waals surface area contributed by atoms with Crippen molar-refractivity contribution < 1.29 is 33.8 Å². The van der Waals surface area contributed by atoms with Crippen LogP contribution in [0.5, 0.6) is 0 Å². The van der Waals surface area contributed by atoms with Crippen molar-refractivity contribution in [3.05, 3.63) is 42.2 Å². The summed E-state index contributed by atoms with van der Waals surface area (Å²) in [6.45, 7) is 8.41. The second kappa shape index (κ2) is 17.9. The average molecular weight is 680 g/mol. The first-order valence-electron chi connectivity index (χ1n) is 17.6. The molecular formula is C35H49N7O7. The van der Waals surface area contributed by atoms with Gasteiger partial charge in [0.1, 0.15) is 11.9 Å². The van der Waals surface area contributed by atoms with Crippen LogP contribution >= 0.6 is 0 Å². The zero-order valence-corrected chi connectivity index (χ0v) is 28.4. The molecule has 0 spiro atoms. The molecule has 14 heteroatoms. The highest BCUT2D eigenvalue weighted by Crippen LogP contribution is 2.26. The van der Waals surface area contributed by atoms with Gasteiger partial charge in [0, 0.05) is 76.5 Å². The van der Waals surface area contributed by atoms with Crippen LogP contribution in [0.25, 0.3) is 11.3 Å². The number of piperazine rings is 1. The quantitative estimate of drug-likeness (QED) is 0.300. The third-order valence-corrected chi connectivity index (χ3v) is 9.41. The maximum Gasteiger partial charge on any atom is 0.409 e. The molecule has 14 nitrogen and oxygen atoms in total. The van der Waals surface area contributed by atoms with Gasteiger partial charge in [0.15, 0.2) is 0 Å². The van der Waals surface area contributed by atoms with Crippen molar-refractivity contribution in [2.75, 3.05) is 77.1 Å². The Labute approximate surface area is 287 Å². The summed E-state index contributed by atoms with van der Waals surface area (Å²) in [4.78, 5) is 68.5. The molecule has 3 aliphatic heterocycles. The van der Waals surface area contributed by atoms with Gasteiger partial charge >= 0.3 is 12.1 Å². The number of hydrogen-bond donors (Lipinski definition) is 2. The van der Waals surface area contributed by atoms with Crippen LogP contribution in [0.1, 0.15) is 62.5 Å². The fourth-order valence-corrected chi connectivity index (χ4v) is 6.54. The largest absolute Gasteiger partial charge is 0.481 e. The first kappa shape index (κ1) is 36.0. The zero-order valence-electron chi connectivity index (χ0n) is 28.4. The smallest absolute Gasteiger partial charge is 0.409 e. The van der Waals surface area contributed by atoms with E-state index in [2.05, 4.69) is 32.0 Å². The fraction of sp³-hybridized carbons (Fsp3) is 0.600. The summed E-state index contributed by atoms with van der Waals surface area (Å²) in [6, 6.07) is 10.8. The van der Waals surface area contributed by atoms with Gasteiger partial charge in [0.05, 0.1) is 25.5 Å². The van der Waals surface area contributed by atoms with Crippen LogP contribution in [0.4, 0.5) is 10.6 Å². The lowest BCUT2D eigenvalue weighted by Crippen LogP contribution is -2.56. The summed E-state index contributed by atoms with van der Waals surface area (Å²) < 4.78 is 10.9. The van der Waals surface area contributed by atoms with E-state index in [9.17, 15) is 24.3 Å². The number of amides is 3. The Bertz CT molecular complexity index is 1410. The molecule has 5 rings (SSSR count). The number of rotatable bonds is 13. The van der Waals surface area contributed by atoms with E-state index in [0.717, 1.165) is 77.1 Å². The number of morpholine rings is 1. The lowest BCUT2D eigenvalue weighted by Gasteiger charge is -2.40. The van der Waals surface area contributed by atoms with E-state index in [1.807, 2.05) is 36.4 Å². The minimum Gasteiger partial charge on any atom is -0.481 e. The number of hydrogen-bond acceptors (Lipinski definition) is 10. The minimum atomic E-state index is -1.10. The Morgan fingerprint density at radius 3 is 2.31 bits per heavy atom. The third kappa shape index (κ3) is 10.1. The standard InChI is InChI=1S/C35H49N7O7/c1-2-3-7-22-49-35(47)42-18-16-41(17-19-42)34(46)28(10-11-31(43)44)37-33(45)32-36-29(26-8-5-4-6-9-26)25-30(38-32)40-14-12-27(13-15-40)39-20-23-48-24-21-39/h4-6,8-9,25,27-28H,2-3,7,10-24H2,1H3,(H,37,45)(H,43,44)/t28-/m0/s1. The predicted molar refractivity (Wildman–Crippen MR) is 182 cm³/mol. The van der Waals surface area contributed by atoms with Crippen molar-refractivity contribution in [3.8, 4) is 11.3 Å². The highest BCUT2D eigenvalue weighted by Gasteiger charge is 2.32. The number of ether oxygens (including phenoxy) is 2. The molecule has 1 aromatic heterocycles. The summed E-state index contributed by atoms with van der Waals surface area (Å²) in [5.74, 6) is -1.59. The summed E-state index contributed by atoms with van der Waals surface area (Å²) in [5, 5.41) is 12.2. The molecule has 3 amide bonds. The Hall–Kier alpha value is -4.30. The average Bonchev–Trinajstić information content (AvgIpc) is 3.15. The van der Waals surface area contributed by atoms with Crippen LogP contribution in [0.3, 0.4) is 0 Å². The van der Waals surface area contributed by atoms with E-state index in [0.29, 0.717) is 24.2 Å². The SMILES string of the molecule is CCCCCOC(=O)N1CCN(C(=O)[C@H](CCC(=O)O)NC(=O)c2nc(-c3ccccc3)cc(N3CCC(N4CCOCC4)CC3)n2)CC1. The summed E-state index contributed by atoms with van der Waals surface area (Å²) in [6.07, 6.45) is 3.92. The van der Waals surface area contributed by atoms with Gasteiger partial charge in [-0.25, -0.2) is 14.8 Å². The molecule has 0 saturated carbocycles. The minimum absolute atomic E-state index is 0.0876. The van der Waals surface area contributed by atoms with E-state index >= 15 is 0 Å². The molecule has 266 valence electrons. The van der Waals surface area contributed by atoms with Gasteiger partial charge in [0.25, 0.3) is 5.91 Å². The Balaban J connectivity index is 1.28. The molecule has 0 unspecified atom stereocenters. The Morgan fingerprint density at radius 2 is 1.63 bits per heavy atom. The van der Waals surface area contributed by atoms with Crippen LogP contribution in [-0.2, 0) is 19.1 Å². The number of benzene rings is 1. The summed E-state index contributed by atoms with van der Waals surface area (Å²) in [7, 11) is 0. The molecule has 1 aromatic carbocycles. The summed E-state index contributed by atoms with van der Waals surface area (Å²) in [5.41, 5.74) is 1.40. The number of aliphatic carboxylic acids is 1. The van der Waals surface area contributed by atoms with Crippen LogP contribution < -0.4 is 10.2 Å². The topological polar surface area (TPSA) is 158 Å². The lowest BCUT2D eigenvalue weighted by atomic mass is 10.0. The second-order valence-electron chi connectivity index (χ2n) is 12.8. The van der Waals surface area contributed by atoms with E-state index in [1.54, 1.807) is 9.80 Å². The van der Waals surface area contributed by atoms with Crippen molar-refractivity contribution in [2.24, 2.45) is 0 Å². The number of carboxylic acids is 1. The number of piperidine rings is 1. The normalized spacial score (nSPS) is 18.2. The molecule has 3 aliphatic rings. The number of carbonyl (C=O) groups is 4. The van der Waals surface area contributed by atoms with E-state index in [4.69, 9.17) is 9.47 Å². The fourth-order valence-electron chi connectivity index (χ4n) is 6.54. The Kier molecular flexibility index (Phi) is 13.2. The molecule has 3 fully saturated rings. The second-order valence-corrected chi connectivity index (χ2v) is 12.8. The van der Waals surface area contributed by atoms with Crippen molar-refractivity contribution in [1.29, 1.82) is 0 Å². The zero-order chi connectivity index (χ0) is 34.6. The third-order valence-electron chi connectivity index (χ3n) is 9.41. The number of anilines is 1. The first-order valence-corrected chi connectivity index (χ1v) is 17.6. The van der Waals surface area contributed by atoms with Crippen molar-refractivity contribution in [1.82, 2.24) is 30.0 Å². The highest BCUT2D eigenvalue weighted by atomic mass is 16.6. The first-order chi connectivity index (χ1) is 23.8. The van der Waals surface area contributed by atoms with E-state index < -0.39 is 29.9 Å². The van der Waals surface area contributed by atoms with Crippen molar-refractivity contribution in [3.63, 3.8) is 0 Å². The van der Waals surface area contributed by atoms with Gasteiger partial charge in [-0.15, -0.1) is 0 Å². The summed E-state index contributed by atoms with van der Waals surface area (Å²) >= 11 is 0. The molecule has 1 atom stereocenters. The molecule has 4 heterocycles. The van der Waals surface area contributed by atoms with Gasteiger partial charge in [-0.05, 0) is 25.7 Å². The van der Waals surface area contributed by atoms with Gasteiger partial charge in [-0.3, -0.25) is 19.3 Å². The van der Waals surface area contributed by atoms with E-state index in [-0.39, 0.29) is 44.8 Å². The molecule has 0 bridgehead atoms. The highest BCUT2D eigenvalue weighted by molar-refractivity contribution is 5.95. The van der Waals surface area contributed by atoms with Crippen LogP contribution in [0, 0.1) is 0 Å².